The molecule has 5 nitrogen and oxygen atoms in total. The predicted molar refractivity (Wildman–Crippen MR) is 107 cm³/mol. The minimum atomic E-state index is -0.159. The number of nitrogens with one attached hydrogen (secondary N) is 2. The second kappa shape index (κ2) is 9.04. The van der Waals surface area contributed by atoms with Crippen LogP contribution in [0.4, 0.5) is 11.4 Å². The van der Waals surface area contributed by atoms with Gasteiger partial charge >= 0.3 is 0 Å². The lowest BCUT2D eigenvalue weighted by Gasteiger charge is -2.15. The molecule has 0 heterocycles. The van der Waals surface area contributed by atoms with E-state index >= 15 is 0 Å². The van der Waals surface area contributed by atoms with Gasteiger partial charge in [-0.2, -0.15) is 0 Å². The molecule has 2 aromatic carbocycles. The molecule has 0 saturated heterocycles. The number of rotatable bonds is 7. The maximum atomic E-state index is 12.2. The van der Waals surface area contributed by atoms with Crippen LogP contribution in [-0.2, 0) is 4.79 Å². The molecular weight excluding hydrogens is 326 g/mol. The van der Waals surface area contributed by atoms with E-state index in [1.165, 1.54) is 10.5 Å². The third-order valence-corrected chi connectivity index (χ3v) is 4.38. The van der Waals surface area contributed by atoms with Gasteiger partial charge in [0.15, 0.2) is 0 Å². The van der Waals surface area contributed by atoms with Crippen LogP contribution in [0.3, 0.4) is 0 Å². The van der Waals surface area contributed by atoms with Gasteiger partial charge in [-0.25, -0.2) is 0 Å². The van der Waals surface area contributed by atoms with Crippen molar-refractivity contribution in [2.24, 2.45) is 0 Å². The van der Waals surface area contributed by atoms with Crippen LogP contribution in [0.25, 0.3) is 0 Å². The fraction of sp³-hybridized carbons (Fsp3) is 0.333. The van der Waals surface area contributed by atoms with Crippen LogP contribution < -0.4 is 10.6 Å². The quantitative estimate of drug-likeness (QED) is 0.792. The Morgan fingerprint density at radius 2 is 1.69 bits per heavy atom. The second-order valence-electron chi connectivity index (χ2n) is 6.58. The third kappa shape index (κ3) is 5.09. The van der Waals surface area contributed by atoms with Crippen molar-refractivity contribution >= 4 is 23.2 Å². The zero-order valence-electron chi connectivity index (χ0n) is 15.9. The molecule has 2 rings (SSSR count). The Bertz CT molecular complexity index is 754. The van der Waals surface area contributed by atoms with Crippen molar-refractivity contribution in [1.82, 2.24) is 4.90 Å². The summed E-state index contributed by atoms with van der Waals surface area (Å²) in [5.41, 5.74) is 3.22. The summed E-state index contributed by atoms with van der Waals surface area (Å²) >= 11 is 0. The van der Waals surface area contributed by atoms with Crippen LogP contribution in [0.1, 0.15) is 42.1 Å². The summed E-state index contributed by atoms with van der Waals surface area (Å²) in [5, 5.41) is 5.92. The van der Waals surface area contributed by atoms with Crippen molar-refractivity contribution in [3.63, 3.8) is 0 Å². The SMILES string of the molecule is CCC(C)c1ccc(NC(=O)CNc2ccccc2C(=O)N(C)C)cc1. The molecule has 1 unspecified atom stereocenters. The van der Waals surface area contributed by atoms with Crippen LogP contribution in [0.15, 0.2) is 48.5 Å². The third-order valence-electron chi connectivity index (χ3n) is 4.38. The summed E-state index contributed by atoms with van der Waals surface area (Å²) in [6, 6.07) is 15.1. The Morgan fingerprint density at radius 3 is 2.31 bits per heavy atom. The fourth-order valence-corrected chi connectivity index (χ4v) is 2.58. The highest BCUT2D eigenvalue weighted by atomic mass is 16.2. The van der Waals surface area contributed by atoms with E-state index in [2.05, 4.69) is 24.5 Å². The highest BCUT2D eigenvalue weighted by Crippen LogP contribution is 2.20. The van der Waals surface area contributed by atoms with Gasteiger partial charge in [-0.15, -0.1) is 0 Å². The number of hydrogen-bond donors (Lipinski definition) is 2. The van der Waals surface area contributed by atoms with Crippen LogP contribution in [-0.4, -0.2) is 37.4 Å². The molecule has 0 spiro atoms. The molecule has 26 heavy (non-hydrogen) atoms. The summed E-state index contributed by atoms with van der Waals surface area (Å²) in [6.45, 7) is 4.43. The fourth-order valence-electron chi connectivity index (χ4n) is 2.58. The van der Waals surface area contributed by atoms with Crippen molar-refractivity contribution < 1.29 is 9.59 Å². The van der Waals surface area contributed by atoms with E-state index in [0.29, 0.717) is 17.2 Å². The van der Waals surface area contributed by atoms with Gasteiger partial charge < -0.3 is 15.5 Å². The molecule has 0 radical (unpaired) electrons. The number of benzene rings is 2. The molecule has 0 aliphatic heterocycles. The molecule has 138 valence electrons. The van der Waals surface area contributed by atoms with Gasteiger partial charge in [0, 0.05) is 25.5 Å². The minimum absolute atomic E-state index is 0.0881. The molecule has 5 heteroatoms. The van der Waals surface area contributed by atoms with Crippen molar-refractivity contribution in [3.05, 3.63) is 59.7 Å². The number of nitrogens with zero attached hydrogens (tertiary/aromatic N) is 1. The first-order chi connectivity index (χ1) is 12.4. The summed E-state index contributed by atoms with van der Waals surface area (Å²) in [7, 11) is 3.41. The highest BCUT2D eigenvalue weighted by molar-refractivity contribution is 6.00. The Kier molecular flexibility index (Phi) is 6.78. The molecule has 2 N–H and O–H groups in total. The lowest BCUT2D eigenvalue weighted by atomic mass is 9.99. The van der Waals surface area contributed by atoms with Gasteiger partial charge in [0.2, 0.25) is 5.91 Å². The molecule has 0 saturated carbocycles. The maximum absolute atomic E-state index is 12.2. The molecule has 0 aliphatic rings. The Morgan fingerprint density at radius 1 is 1.04 bits per heavy atom. The zero-order valence-corrected chi connectivity index (χ0v) is 15.9. The van der Waals surface area contributed by atoms with Crippen molar-refractivity contribution in [1.29, 1.82) is 0 Å². The molecule has 0 fully saturated rings. The van der Waals surface area contributed by atoms with E-state index in [1.54, 1.807) is 32.3 Å². The van der Waals surface area contributed by atoms with Crippen LogP contribution in [0.5, 0.6) is 0 Å². The number of anilines is 2. The van der Waals surface area contributed by atoms with Gasteiger partial charge in [-0.1, -0.05) is 38.1 Å². The van der Waals surface area contributed by atoms with Crippen LogP contribution in [0.2, 0.25) is 0 Å². The Labute approximate surface area is 155 Å². The first-order valence-electron chi connectivity index (χ1n) is 8.86. The summed E-state index contributed by atoms with van der Waals surface area (Å²) in [5.74, 6) is 0.245. The number of amides is 2. The van der Waals surface area contributed by atoms with Gasteiger partial charge in [0.05, 0.1) is 12.1 Å². The molecule has 2 amide bonds. The standard InChI is InChI=1S/C21H27N3O2/c1-5-15(2)16-10-12-17(13-11-16)23-20(25)14-22-19-9-7-6-8-18(19)21(26)24(3)4/h6-13,15,22H,5,14H2,1-4H3,(H,23,25). The van der Waals surface area contributed by atoms with Gasteiger partial charge in [0.1, 0.15) is 0 Å². The van der Waals surface area contributed by atoms with E-state index < -0.39 is 0 Å². The molecular formula is C21H27N3O2. The monoisotopic (exact) mass is 353 g/mol. The first-order valence-corrected chi connectivity index (χ1v) is 8.86. The van der Waals surface area contributed by atoms with E-state index in [1.807, 2.05) is 30.3 Å². The Balaban J connectivity index is 1.96. The van der Waals surface area contributed by atoms with Crippen molar-refractivity contribution in [2.75, 3.05) is 31.3 Å². The van der Waals surface area contributed by atoms with Gasteiger partial charge in [-0.3, -0.25) is 9.59 Å². The molecule has 2 aromatic rings. The normalized spacial score (nSPS) is 11.5. The van der Waals surface area contributed by atoms with Crippen LogP contribution in [0, 0.1) is 0 Å². The average molecular weight is 353 g/mol. The van der Waals surface area contributed by atoms with Gasteiger partial charge in [-0.05, 0) is 42.2 Å². The Hall–Kier alpha value is -2.82. The first kappa shape index (κ1) is 19.5. The van der Waals surface area contributed by atoms with Crippen LogP contribution >= 0.6 is 0 Å². The zero-order chi connectivity index (χ0) is 19.1. The average Bonchev–Trinajstić information content (AvgIpc) is 2.66. The van der Waals surface area contributed by atoms with E-state index in [9.17, 15) is 9.59 Å². The largest absolute Gasteiger partial charge is 0.376 e. The molecule has 0 aliphatic carbocycles. The molecule has 1 atom stereocenters. The topological polar surface area (TPSA) is 61.4 Å². The smallest absolute Gasteiger partial charge is 0.255 e. The second-order valence-corrected chi connectivity index (χ2v) is 6.58. The number of para-hydroxylation sites is 1. The number of hydrogen-bond acceptors (Lipinski definition) is 3. The van der Waals surface area contributed by atoms with Gasteiger partial charge in [0.25, 0.3) is 5.91 Å². The highest BCUT2D eigenvalue weighted by Gasteiger charge is 2.13. The van der Waals surface area contributed by atoms with Crippen molar-refractivity contribution in [2.45, 2.75) is 26.2 Å². The summed E-state index contributed by atoms with van der Waals surface area (Å²) in [4.78, 5) is 25.9. The summed E-state index contributed by atoms with van der Waals surface area (Å²) < 4.78 is 0. The lowest BCUT2D eigenvalue weighted by molar-refractivity contribution is -0.114. The molecule has 0 bridgehead atoms. The lowest BCUT2D eigenvalue weighted by Crippen LogP contribution is -2.25. The maximum Gasteiger partial charge on any atom is 0.255 e. The predicted octanol–water partition coefficient (Wildman–Crippen LogP) is 3.95. The van der Waals surface area contributed by atoms with E-state index in [-0.39, 0.29) is 18.4 Å². The van der Waals surface area contributed by atoms with E-state index in [0.717, 1.165) is 12.1 Å². The number of carbonyl (C=O) groups excluding carboxylic acids is 2. The minimum Gasteiger partial charge on any atom is -0.376 e. The van der Waals surface area contributed by atoms with Crippen molar-refractivity contribution in [3.8, 4) is 0 Å². The van der Waals surface area contributed by atoms with E-state index in [4.69, 9.17) is 0 Å². The summed E-state index contributed by atoms with van der Waals surface area (Å²) in [6.07, 6.45) is 1.08. The molecule has 0 aromatic heterocycles. The number of carbonyl (C=O) groups is 2.